The summed E-state index contributed by atoms with van der Waals surface area (Å²) in [6.45, 7) is 5.74. The number of benzene rings is 1. The third kappa shape index (κ3) is 7.67. The Morgan fingerprint density at radius 1 is 1.13 bits per heavy atom. The molecule has 3 nitrogen and oxygen atoms in total. The van der Waals surface area contributed by atoms with Gasteiger partial charge < -0.3 is 10.2 Å². The molecule has 1 N–H and O–H groups in total. The Hall–Kier alpha value is -1.32. The lowest BCUT2D eigenvalue weighted by Gasteiger charge is -2.09. The summed E-state index contributed by atoms with van der Waals surface area (Å²) in [6, 6.07) is 11.0. The maximum Gasteiger partial charge on any atom is 0.129 e. The number of nitrogens with zero attached hydrogens (tertiary/aromatic N) is 1. The minimum Gasteiger partial charge on any atom is -0.394 e. The molecule has 1 fully saturated rings. The number of rotatable bonds is 6. The largest absolute Gasteiger partial charge is 0.394 e. The summed E-state index contributed by atoms with van der Waals surface area (Å²) in [5, 5.41) is 7.76. The van der Waals surface area contributed by atoms with Crippen molar-refractivity contribution in [3.05, 3.63) is 41.5 Å². The zero-order valence-electron chi connectivity index (χ0n) is 14.3. The Bertz CT molecular complexity index is 497. The molecule has 4 heteroatoms. The van der Waals surface area contributed by atoms with Gasteiger partial charge in [0.25, 0.3) is 0 Å². The molecule has 128 valence electrons. The molecule has 0 amide bonds. The van der Waals surface area contributed by atoms with Crippen LogP contribution in [0.15, 0.2) is 41.1 Å². The third-order valence-corrected chi connectivity index (χ3v) is 3.79. The van der Waals surface area contributed by atoms with Crippen LogP contribution in [0.2, 0.25) is 0 Å². The summed E-state index contributed by atoms with van der Waals surface area (Å²) >= 11 is 0. The van der Waals surface area contributed by atoms with Crippen molar-refractivity contribution in [2.45, 2.75) is 52.0 Å². The lowest BCUT2D eigenvalue weighted by Crippen LogP contribution is -2.26. The molecule has 2 rings (SSSR count). The Morgan fingerprint density at radius 3 is 2.61 bits per heavy atom. The second-order valence-corrected chi connectivity index (χ2v) is 6.12. The van der Waals surface area contributed by atoms with E-state index in [1.54, 1.807) is 0 Å². The minimum absolute atomic E-state index is 0. The Kier molecular flexibility index (Phi) is 9.65. The smallest absolute Gasteiger partial charge is 0.129 e. The van der Waals surface area contributed by atoms with Gasteiger partial charge in [-0.05, 0) is 42.9 Å². The van der Waals surface area contributed by atoms with E-state index in [4.69, 9.17) is 4.84 Å². The molecule has 0 atom stereocenters. The zero-order chi connectivity index (χ0) is 15.6. The van der Waals surface area contributed by atoms with Crippen LogP contribution in [0.1, 0.15) is 51.5 Å². The second kappa shape index (κ2) is 11.3. The van der Waals surface area contributed by atoms with Crippen LogP contribution in [-0.2, 0) is 4.84 Å². The maximum absolute atomic E-state index is 5.53. The van der Waals surface area contributed by atoms with Gasteiger partial charge >= 0.3 is 0 Å². The number of nitrogens with one attached hydrogen (secondary N) is 1. The number of oxime groups is 1. The van der Waals surface area contributed by atoms with E-state index in [1.165, 1.54) is 30.4 Å². The van der Waals surface area contributed by atoms with Crippen LogP contribution < -0.4 is 5.32 Å². The van der Waals surface area contributed by atoms with E-state index in [1.807, 2.05) is 0 Å². The van der Waals surface area contributed by atoms with Gasteiger partial charge in [-0.3, -0.25) is 0 Å². The van der Waals surface area contributed by atoms with Gasteiger partial charge in [0.15, 0.2) is 0 Å². The van der Waals surface area contributed by atoms with Crippen LogP contribution in [0.3, 0.4) is 0 Å². The van der Waals surface area contributed by atoms with E-state index in [9.17, 15) is 0 Å². The topological polar surface area (TPSA) is 33.6 Å². The molecule has 1 saturated carbocycles. The molecular formula is C19H29ClN2O. The van der Waals surface area contributed by atoms with Crippen molar-refractivity contribution in [1.29, 1.82) is 0 Å². The van der Waals surface area contributed by atoms with Gasteiger partial charge in [-0.2, -0.15) is 0 Å². The molecule has 1 aromatic rings. The number of hydrogen-bond donors (Lipinski definition) is 1. The van der Waals surface area contributed by atoms with Crippen molar-refractivity contribution >= 4 is 24.2 Å². The number of halogens is 1. The molecule has 0 radical (unpaired) electrons. The van der Waals surface area contributed by atoms with E-state index in [-0.39, 0.29) is 12.4 Å². The van der Waals surface area contributed by atoms with Crippen LogP contribution in [0.4, 0.5) is 0 Å². The molecule has 0 bridgehead atoms. The van der Waals surface area contributed by atoms with Crippen molar-refractivity contribution in [2.75, 3.05) is 13.2 Å². The quantitative estimate of drug-likeness (QED) is 0.458. The Labute approximate surface area is 146 Å². The van der Waals surface area contributed by atoms with Crippen LogP contribution in [0.5, 0.6) is 0 Å². The van der Waals surface area contributed by atoms with Crippen LogP contribution in [0.25, 0.3) is 6.08 Å². The predicted octanol–water partition coefficient (Wildman–Crippen LogP) is 4.83. The summed E-state index contributed by atoms with van der Waals surface area (Å²) in [5.41, 5.74) is 3.71. The summed E-state index contributed by atoms with van der Waals surface area (Å²) < 4.78 is 0. The maximum atomic E-state index is 5.53. The first-order valence-electron chi connectivity index (χ1n) is 8.44. The van der Waals surface area contributed by atoms with Gasteiger partial charge in [-0.1, -0.05) is 55.8 Å². The first kappa shape index (κ1) is 19.7. The fraction of sp³-hybridized carbons (Fsp3) is 0.526. The summed E-state index contributed by atoms with van der Waals surface area (Å²) in [4.78, 5) is 5.53. The fourth-order valence-electron chi connectivity index (χ4n) is 2.62. The highest BCUT2D eigenvalue weighted by Crippen LogP contribution is 2.23. The van der Waals surface area contributed by atoms with E-state index in [0.29, 0.717) is 12.6 Å². The molecule has 0 heterocycles. The molecular weight excluding hydrogens is 308 g/mol. The summed E-state index contributed by atoms with van der Waals surface area (Å²) in [7, 11) is 0. The van der Waals surface area contributed by atoms with Crippen molar-refractivity contribution in [1.82, 2.24) is 5.32 Å². The first-order valence-corrected chi connectivity index (χ1v) is 8.44. The van der Waals surface area contributed by atoms with Gasteiger partial charge in [0, 0.05) is 12.6 Å². The van der Waals surface area contributed by atoms with Gasteiger partial charge in [0.05, 0.1) is 5.71 Å². The highest BCUT2D eigenvalue weighted by atomic mass is 35.5. The molecule has 1 aromatic carbocycles. The molecule has 23 heavy (non-hydrogen) atoms. The summed E-state index contributed by atoms with van der Waals surface area (Å²) in [6.07, 6.45) is 8.11. The van der Waals surface area contributed by atoms with Crippen LogP contribution >= 0.6 is 12.4 Å². The lowest BCUT2D eigenvalue weighted by molar-refractivity contribution is 0.144. The molecule has 0 aliphatic heterocycles. The second-order valence-electron chi connectivity index (χ2n) is 6.12. The zero-order valence-corrected chi connectivity index (χ0v) is 15.1. The van der Waals surface area contributed by atoms with E-state index in [0.717, 1.165) is 25.1 Å². The van der Waals surface area contributed by atoms with Crippen molar-refractivity contribution in [3.8, 4) is 0 Å². The molecule has 1 aliphatic carbocycles. The molecule has 0 unspecified atom stereocenters. The van der Waals surface area contributed by atoms with Gasteiger partial charge in [0.1, 0.15) is 6.61 Å². The van der Waals surface area contributed by atoms with Crippen molar-refractivity contribution in [3.63, 3.8) is 0 Å². The Morgan fingerprint density at radius 2 is 1.87 bits per heavy atom. The molecule has 0 aromatic heterocycles. The van der Waals surface area contributed by atoms with Crippen LogP contribution in [-0.4, -0.2) is 24.9 Å². The standard InChI is InChI=1S/C19H28N2O.ClH/c1-16(2)20-13-14-22-21-19-12-8-4-7-11-18(19)15-17-9-5-3-6-10-17;/h3,5-6,9-10,15-16,20H,4,7-8,11-14H2,1-2H3;1H/b18-15+,21-19-;. The van der Waals surface area contributed by atoms with Crippen LogP contribution in [0, 0.1) is 0 Å². The highest BCUT2D eigenvalue weighted by molar-refractivity contribution is 6.03. The van der Waals surface area contributed by atoms with Gasteiger partial charge in [0.2, 0.25) is 0 Å². The lowest BCUT2D eigenvalue weighted by atomic mass is 10.0. The molecule has 0 spiro atoms. The van der Waals surface area contributed by atoms with E-state index >= 15 is 0 Å². The monoisotopic (exact) mass is 336 g/mol. The van der Waals surface area contributed by atoms with Crippen molar-refractivity contribution in [2.24, 2.45) is 5.16 Å². The average molecular weight is 337 g/mol. The van der Waals surface area contributed by atoms with Crippen molar-refractivity contribution < 1.29 is 4.84 Å². The molecule has 0 saturated heterocycles. The van der Waals surface area contributed by atoms with Gasteiger partial charge in [-0.15, -0.1) is 12.4 Å². The predicted molar refractivity (Wildman–Crippen MR) is 101 cm³/mol. The number of allylic oxidation sites excluding steroid dienone is 1. The first-order chi connectivity index (χ1) is 10.8. The van der Waals surface area contributed by atoms with E-state index in [2.05, 4.69) is 60.7 Å². The average Bonchev–Trinajstić information content (AvgIpc) is 2.73. The normalized spacial score (nSPS) is 18.7. The number of hydrogen-bond acceptors (Lipinski definition) is 3. The highest BCUT2D eigenvalue weighted by Gasteiger charge is 2.12. The SMILES string of the molecule is CC(C)NCCO/N=C1/CCCCC/C1=C\c1ccccc1.Cl. The molecule has 1 aliphatic rings. The van der Waals surface area contributed by atoms with Gasteiger partial charge in [-0.25, -0.2) is 0 Å². The fourth-order valence-corrected chi connectivity index (χ4v) is 2.62. The summed E-state index contributed by atoms with van der Waals surface area (Å²) in [5.74, 6) is 0. The third-order valence-electron chi connectivity index (χ3n) is 3.79. The van der Waals surface area contributed by atoms with E-state index < -0.39 is 0 Å². The minimum atomic E-state index is 0. The Balaban J connectivity index is 0.00000264.